The number of ether oxygens (including phenoxy) is 1. The van der Waals surface area contributed by atoms with E-state index in [4.69, 9.17) is 4.74 Å². The van der Waals surface area contributed by atoms with Crippen LogP contribution in [0, 0.1) is 0 Å². The third kappa shape index (κ3) is 4.56. The van der Waals surface area contributed by atoms with E-state index in [1.807, 2.05) is 0 Å². The van der Waals surface area contributed by atoms with E-state index >= 15 is 0 Å². The Morgan fingerprint density at radius 2 is 2.40 bits per heavy atom. The van der Waals surface area contributed by atoms with E-state index < -0.39 is 0 Å². The molecule has 0 aromatic heterocycles. The number of rotatable bonds is 2. The zero-order valence-electron chi connectivity index (χ0n) is 3.82. The van der Waals surface area contributed by atoms with Crippen molar-refractivity contribution in [3.63, 3.8) is 0 Å². The molecule has 0 unspecified atom stereocenters. The molecular formula is C3H7LiO. The van der Waals surface area contributed by atoms with Crippen LogP contribution in [0.1, 0.15) is 0 Å². The molecule has 0 atom stereocenters. The van der Waals surface area contributed by atoms with Crippen molar-refractivity contribution >= 4 is 17.7 Å². The first-order chi connectivity index (χ1) is 2.41. The molecule has 0 aliphatic carbocycles. The van der Waals surface area contributed by atoms with Gasteiger partial charge < -0.3 is 0 Å². The van der Waals surface area contributed by atoms with E-state index in [2.05, 4.69) is 17.7 Å². The summed E-state index contributed by atoms with van der Waals surface area (Å²) >= 11 is 2.09. The SMILES string of the molecule is [Li][CH2]COC. The summed E-state index contributed by atoms with van der Waals surface area (Å²) in [4.78, 5) is 0. The molecule has 0 aromatic rings. The van der Waals surface area contributed by atoms with Crippen LogP contribution in [-0.2, 0) is 4.74 Å². The molecule has 1 nitrogen and oxygen atoms in total. The van der Waals surface area contributed by atoms with Crippen LogP contribution in [0.2, 0.25) is 5.09 Å². The van der Waals surface area contributed by atoms with Crippen LogP contribution >= 0.6 is 0 Å². The number of methoxy groups -OCH3 is 1. The van der Waals surface area contributed by atoms with Gasteiger partial charge in [-0.2, -0.15) is 0 Å². The fourth-order valence-corrected chi connectivity index (χ4v) is 0.204. The van der Waals surface area contributed by atoms with E-state index in [9.17, 15) is 0 Å². The van der Waals surface area contributed by atoms with Crippen molar-refractivity contribution in [3.05, 3.63) is 0 Å². The van der Waals surface area contributed by atoms with Crippen LogP contribution in [0.4, 0.5) is 0 Å². The third-order valence-electron chi connectivity index (χ3n) is 0.408. The van der Waals surface area contributed by atoms with Gasteiger partial charge in [0.15, 0.2) is 0 Å². The van der Waals surface area contributed by atoms with Crippen molar-refractivity contribution < 1.29 is 4.74 Å². The monoisotopic (exact) mass is 66.1 g/mol. The first-order valence-electron chi connectivity index (χ1n) is 1.90. The Morgan fingerprint density at radius 1 is 1.80 bits per heavy atom. The Hall–Kier alpha value is 0.557. The predicted molar refractivity (Wildman–Crippen MR) is 22.4 cm³/mol. The molecule has 0 amide bonds. The molecule has 0 aliphatic heterocycles. The average molecular weight is 66.0 g/mol. The van der Waals surface area contributed by atoms with Gasteiger partial charge in [-0.05, 0) is 0 Å². The first-order valence-corrected chi connectivity index (χ1v) is 1.90. The maximum absolute atomic E-state index is 4.69. The molecule has 0 N–H and O–H groups in total. The Kier molecular flexibility index (Phi) is 5.07. The topological polar surface area (TPSA) is 9.23 Å². The maximum atomic E-state index is 4.69. The van der Waals surface area contributed by atoms with Crippen LogP contribution < -0.4 is 0 Å². The number of hydrogen-bond donors (Lipinski definition) is 0. The number of hydrogen-bond acceptors (Lipinski definition) is 1. The van der Waals surface area contributed by atoms with Gasteiger partial charge in [-0.1, -0.05) is 0 Å². The Bertz CT molecular complexity index is 14.4. The normalized spacial score (nSPS) is 8.60. The fraction of sp³-hybridized carbons (Fsp3) is 1.00. The summed E-state index contributed by atoms with van der Waals surface area (Å²) in [6, 6.07) is 0. The van der Waals surface area contributed by atoms with Gasteiger partial charge in [-0.3, -0.25) is 0 Å². The molecule has 0 fully saturated rings. The van der Waals surface area contributed by atoms with Gasteiger partial charge in [-0.25, -0.2) is 0 Å². The molecule has 0 bridgehead atoms. The molecule has 0 saturated heterocycles. The van der Waals surface area contributed by atoms with E-state index in [1.165, 1.54) is 0 Å². The molecule has 0 spiro atoms. The summed E-state index contributed by atoms with van der Waals surface area (Å²) in [7, 11) is 1.71. The summed E-state index contributed by atoms with van der Waals surface area (Å²) in [5.74, 6) is 0. The van der Waals surface area contributed by atoms with E-state index in [0.717, 1.165) is 11.7 Å². The molecule has 5 heavy (non-hydrogen) atoms. The van der Waals surface area contributed by atoms with Crippen molar-refractivity contribution in [2.75, 3.05) is 13.7 Å². The molecule has 0 radical (unpaired) electrons. The van der Waals surface area contributed by atoms with Gasteiger partial charge in [0.2, 0.25) is 0 Å². The molecule has 0 heterocycles. The molecule has 2 heteroatoms. The van der Waals surface area contributed by atoms with Gasteiger partial charge in [-0.15, -0.1) is 0 Å². The summed E-state index contributed by atoms with van der Waals surface area (Å²) in [6.07, 6.45) is 0. The van der Waals surface area contributed by atoms with Gasteiger partial charge in [0.1, 0.15) is 0 Å². The van der Waals surface area contributed by atoms with Crippen molar-refractivity contribution in [2.45, 2.75) is 5.09 Å². The minimum atomic E-state index is 0.889. The van der Waals surface area contributed by atoms with Gasteiger partial charge in [0.25, 0.3) is 0 Å². The average Bonchev–Trinajstić information content (AvgIpc) is 1.41. The van der Waals surface area contributed by atoms with E-state index in [-0.39, 0.29) is 0 Å². The molecule has 0 aromatic carbocycles. The first kappa shape index (κ1) is 5.56. The fourth-order valence-electron chi connectivity index (χ4n) is 0.204. The zero-order chi connectivity index (χ0) is 4.12. The Morgan fingerprint density at radius 3 is 2.40 bits per heavy atom. The summed E-state index contributed by atoms with van der Waals surface area (Å²) in [5, 5.41) is 1.12. The standard InChI is InChI=1S/C3H7O.Li/c1-3-4-2;/h1,3H2,2H3;. The second-order valence-corrected chi connectivity index (χ2v) is 0.993. The molecule has 0 rings (SSSR count). The zero-order valence-corrected chi connectivity index (χ0v) is 3.82. The van der Waals surface area contributed by atoms with Crippen LogP contribution in [0.15, 0.2) is 0 Å². The van der Waals surface area contributed by atoms with Crippen LogP contribution in [0.3, 0.4) is 0 Å². The van der Waals surface area contributed by atoms with Gasteiger partial charge in [0, 0.05) is 0 Å². The summed E-state index contributed by atoms with van der Waals surface area (Å²) in [6.45, 7) is 0.889. The quantitative estimate of drug-likeness (QED) is 0.419. The van der Waals surface area contributed by atoms with Crippen molar-refractivity contribution in [3.8, 4) is 0 Å². The summed E-state index contributed by atoms with van der Waals surface area (Å²) in [5.41, 5.74) is 0. The Labute approximate surface area is 41.9 Å². The molecule has 0 aliphatic rings. The van der Waals surface area contributed by atoms with Crippen molar-refractivity contribution in [1.82, 2.24) is 0 Å². The molecule has 26 valence electrons. The van der Waals surface area contributed by atoms with Gasteiger partial charge >= 0.3 is 41.3 Å². The van der Waals surface area contributed by atoms with Crippen LogP contribution in [0.5, 0.6) is 0 Å². The van der Waals surface area contributed by atoms with Crippen LogP contribution in [-0.4, -0.2) is 31.4 Å². The molecule has 0 saturated carbocycles. The summed E-state index contributed by atoms with van der Waals surface area (Å²) < 4.78 is 4.69. The van der Waals surface area contributed by atoms with Crippen molar-refractivity contribution in [1.29, 1.82) is 0 Å². The van der Waals surface area contributed by atoms with E-state index in [0.29, 0.717) is 0 Å². The Balaban J connectivity index is 2.19. The van der Waals surface area contributed by atoms with Crippen LogP contribution in [0.25, 0.3) is 0 Å². The van der Waals surface area contributed by atoms with Gasteiger partial charge in [0.05, 0.1) is 0 Å². The second-order valence-electron chi connectivity index (χ2n) is 0.993. The molecular weight excluding hydrogens is 59.0 g/mol. The third-order valence-corrected chi connectivity index (χ3v) is 0.408. The minimum absolute atomic E-state index is 0.889. The second kappa shape index (κ2) is 4.56. The predicted octanol–water partition coefficient (Wildman–Crippen LogP) is 0.220. The van der Waals surface area contributed by atoms with Crippen molar-refractivity contribution in [2.24, 2.45) is 0 Å². The van der Waals surface area contributed by atoms with E-state index in [1.54, 1.807) is 7.11 Å².